The Balaban J connectivity index is 2.46. The Morgan fingerprint density at radius 3 is 2.71 bits per heavy atom. The maximum Gasteiger partial charge on any atom is 0.264 e. The SMILES string of the molecule is Cc1ccc(NS(=O)(=O)c2cccnc2C(N)=S)c(F)c1. The molecule has 0 saturated carbocycles. The van der Waals surface area contributed by atoms with E-state index >= 15 is 0 Å². The number of hydrogen-bond acceptors (Lipinski definition) is 4. The first-order valence-electron chi connectivity index (χ1n) is 5.85. The molecule has 0 aliphatic heterocycles. The lowest BCUT2D eigenvalue weighted by Crippen LogP contribution is -2.21. The van der Waals surface area contributed by atoms with Crippen molar-refractivity contribution in [2.75, 3.05) is 4.72 Å². The molecular weight excluding hydrogens is 313 g/mol. The zero-order chi connectivity index (χ0) is 15.6. The molecule has 110 valence electrons. The van der Waals surface area contributed by atoms with Crippen molar-refractivity contribution in [3.05, 3.63) is 53.6 Å². The number of sulfonamides is 1. The van der Waals surface area contributed by atoms with Gasteiger partial charge in [-0.1, -0.05) is 18.3 Å². The molecule has 2 rings (SSSR count). The summed E-state index contributed by atoms with van der Waals surface area (Å²) < 4.78 is 40.6. The van der Waals surface area contributed by atoms with Crippen LogP contribution in [0.4, 0.5) is 10.1 Å². The summed E-state index contributed by atoms with van der Waals surface area (Å²) in [6.07, 6.45) is 1.37. The Kier molecular flexibility index (Phi) is 4.19. The van der Waals surface area contributed by atoms with E-state index in [0.29, 0.717) is 5.56 Å². The number of nitrogens with two attached hydrogens (primary N) is 1. The zero-order valence-corrected chi connectivity index (χ0v) is 12.6. The molecule has 1 aromatic carbocycles. The number of pyridine rings is 1. The first-order valence-corrected chi connectivity index (χ1v) is 7.74. The maximum absolute atomic E-state index is 13.8. The lowest BCUT2D eigenvalue weighted by atomic mass is 10.2. The van der Waals surface area contributed by atoms with Crippen molar-refractivity contribution < 1.29 is 12.8 Å². The monoisotopic (exact) mass is 325 g/mol. The second kappa shape index (κ2) is 5.74. The molecule has 0 aliphatic carbocycles. The maximum atomic E-state index is 13.8. The van der Waals surface area contributed by atoms with Gasteiger partial charge in [-0.2, -0.15) is 0 Å². The lowest BCUT2D eigenvalue weighted by Gasteiger charge is -2.11. The van der Waals surface area contributed by atoms with Gasteiger partial charge in [-0.3, -0.25) is 9.71 Å². The van der Waals surface area contributed by atoms with E-state index in [1.807, 2.05) is 0 Å². The molecule has 0 spiro atoms. The van der Waals surface area contributed by atoms with Gasteiger partial charge in [0.2, 0.25) is 0 Å². The Morgan fingerprint density at radius 2 is 2.10 bits per heavy atom. The fraction of sp³-hybridized carbons (Fsp3) is 0.0769. The molecule has 0 unspecified atom stereocenters. The predicted molar refractivity (Wildman–Crippen MR) is 82.1 cm³/mol. The number of thiocarbonyl (C=S) groups is 1. The highest BCUT2D eigenvalue weighted by atomic mass is 32.2. The Bertz CT molecular complexity index is 807. The molecule has 3 N–H and O–H groups in total. The molecule has 0 bridgehead atoms. The van der Waals surface area contributed by atoms with Crippen LogP contribution in [-0.4, -0.2) is 18.4 Å². The Hall–Kier alpha value is -2.06. The van der Waals surface area contributed by atoms with Crippen LogP contribution < -0.4 is 10.5 Å². The highest BCUT2D eigenvalue weighted by Crippen LogP contribution is 2.21. The van der Waals surface area contributed by atoms with E-state index in [-0.39, 0.29) is 21.3 Å². The number of hydrogen-bond donors (Lipinski definition) is 2. The quantitative estimate of drug-likeness (QED) is 0.840. The molecule has 0 fully saturated rings. The molecule has 8 heteroatoms. The van der Waals surface area contributed by atoms with Gasteiger partial charge in [0, 0.05) is 6.20 Å². The third-order valence-electron chi connectivity index (χ3n) is 2.66. The molecule has 1 heterocycles. The second-order valence-electron chi connectivity index (χ2n) is 4.30. The van der Waals surface area contributed by atoms with Crippen LogP contribution in [0.15, 0.2) is 41.4 Å². The lowest BCUT2D eigenvalue weighted by molar-refractivity contribution is 0.598. The largest absolute Gasteiger partial charge is 0.388 e. The van der Waals surface area contributed by atoms with E-state index in [4.69, 9.17) is 18.0 Å². The molecule has 5 nitrogen and oxygen atoms in total. The summed E-state index contributed by atoms with van der Waals surface area (Å²) in [7, 11) is -4.04. The van der Waals surface area contributed by atoms with E-state index in [9.17, 15) is 12.8 Å². The van der Waals surface area contributed by atoms with Gasteiger partial charge >= 0.3 is 0 Å². The number of aromatic nitrogens is 1. The summed E-state index contributed by atoms with van der Waals surface area (Å²) in [5.41, 5.74) is 5.95. The molecule has 0 atom stereocenters. The highest BCUT2D eigenvalue weighted by molar-refractivity contribution is 7.93. The van der Waals surface area contributed by atoms with Crippen molar-refractivity contribution >= 4 is 32.9 Å². The molecule has 0 amide bonds. The van der Waals surface area contributed by atoms with E-state index in [0.717, 1.165) is 0 Å². The fourth-order valence-corrected chi connectivity index (χ4v) is 3.16. The van der Waals surface area contributed by atoms with Crippen molar-refractivity contribution in [2.45, 2.75) is 11.8 Å². The van der Waals surface area contributed by atoms with Gasteiger partial charge in [-0.25, -0.2) is 12.8 Å². The molecule has 0 saturated heterocycles. The minimum atomic E-state index is -4.04. The van der Waals surface area contributed by atoms with E-state index in [2.05, 4.69) is 9.71 Å². The normalized spacial score (nSPS) is 11.1. The molecular formula is C13H12FN3O2S2. The van der Waals surface area contributed by atoms with Gasteiger partial charge in [0.15, 0.2) is 0 Å². The molecule has 0 aliphatic rings. The smallest absolute Gasteiger partial charge is 0.264 e. The van der Waals surface area contributed by atoms with Crippen LogP contribution in [0.1, 0.15) is 11.3 Å². The number of rotatable bonds is 4. The summed E-state index contributed by atoms with van der Waals surface area (Å²) in [5.74, 6) is -0.667. The van der Waals surface area contributed by atoms with Gasteiger partial charge < -0.3 is 5.73 Å². The summed E-state index contributed by atoms with van der Waals surface area (Å²) in [6.45, 7) is 1.70. The minimum Gasteiger partial charge on any atom is -0.388 e. The van der Waals surface area contributed by atoms with Crippen molar-refractivity contribution in [3.8, 4) is 0 Å². The van der Waals surface area contributed by atoms with Gasteiger partial charge in [0.25, 0.3) is 10.0 Å². The summed E-state index contributed by atoms with van der Waals surface area (Å²) in [5, 5.41) is 0. The van der Waals surface area contributed by atoms with Crippen LogP contribution in [0.3, 0.4) is 0 Å². The number of aryl methyl sites for hydroxylation is 1. The second-order valence-corrected chi connectivity index (χ2v) is 6.39. The fourth-order valence-electron chi connectivity index (χ4n) is 1.70. The van der Waals surface area contributed by atoms with E-state index < -0.39 is 15.8 Å². The van der Waals surface area contributed by atoms with Crippen LogP contribution in [0.2, 0.25) is 0 Å². The number of anilines is 1. The Labute approximate surface area is 127 Å². The molecule has 0 radical (unpaired) electrons. The summed E-state index contributed by atoms with van der Waals surface area (Å²) in [6, 6.07) is 6.91. The van der Waals surface area contributed by atoms with Crippen molar-refractivity contribution in [1.82, 2.24) is 4.98 Å². The van der Waals surface area contributed by atoms with E-state index in [1.165, 1.54) is 30.5 Å². The third-order valence-corrected chi connectivity index (χ3v) is 4.25. The van der Waals surface area contributed by atoms with Crippen LogP contribution in [0, 0.1) is 12.7 Å². The Morgan fingerprint density at radius 1 is 1.38 bits per heavy atom. The number of nitrogens with zero attached hydrogens (tertiary/aromatic N) is 1. The molecule has 1 aromatic heterocycles. The zero-order valence-electron chi connectivity index (χ0n) is 11.0. The number of nitrogens with one attached hydrogen (secondary N) is 1. The number of halogens is 1. The predicted octanol–water partition coefficient (Wildman–Crippen LogP) is 1.96. The van der Waals surface area contributed by atoms with Crippen LogP contribution >= 0.6 is 12.2 Å². The van der Waals surface area contributed by atoms with Crippen LogP contribution in [-0.2, 0) is 10.0 Å². The summed E-state index contributed by atoms with van der Waals surface area (Å²) >= 11 is 4.77. The van der Waals surface area contributed by atoms with Gasteiger partial charge in [-0.15, -0.1) is 0 Å². The van der Waals surface area contributed by atoms with Crippen molar-refractivity contribution in [2.24, 2.45) is 5.73 Å². The number of benzene rings is 1. The van der Waals surface area contributed by atoms with Gasteiger partial charge in [0.05, 0.1) is 5.69 Å². The van der Waals surface area contributed by atoms with Crippen molar-refractivity contribution in [3.63, 3.8) is 0 Å². The average molecular weight is 325 g/mol. The highest BCUT2D eigenvalue weighted by Gasteiger charge is 2.21. The van der Waals surface area contributed by atoms with Crippen LogP contribution in [0.5, 0.6) is 0 Å². The van der Waals surface area contributed by atoms with Crippen LogP contribution in [0.25, 0.3) is 0 Å². The topological polar surface area (TPSA) is 85.1 Å². The third kappa shape index (κ3) is 3.34. The molecule has 2 aromatic rings. The van der Waals surface area contributed by atoms with Crippen molar-refractivity contribution in [1.29, 1.82) is 0 Å². The van der Waals surface area contributed by atoms with E-state index in [1.54, 1.807) is 13.0 Å². The average Bonchev–Trinajstić information content (AvgIpc) is 2.42. The first kappa shape index (κ1) is 15.3. The first-order chi connectivity index (χ1) is 9.81. The van der Waals surface area contributed by atoms with Gasteiger partial charge in [-0.05, 0) is 36.8 Å². The standard InChI is InChI=1S/C13H12FN3O2S2/c1-8-4-5-10(9(14)7-8)17-21(18,19)11-3-2-6-16-12(11)13(15)20/h2-7,17H,1H3,(H2,15,20). The summed E-state index contributed by atoms with van der Waals surface area (Å²) in [4.78, 5) is 3.49. The minimum absolute atomic E-state index is 0.0347. The molecule has 21 heavy (non-hydrogen) atoms. The van der Waals surface area contributed by atoms with Gasteiger partial charge in [0.1, 0.15) is 21.4 Å².